The van der Waals surface area contributed by atoms with Crippen molar-refractivity contribution in [1.82, 2.24) is 5.32 Å². The minimum absolute atomic E-state index is 0.244. The summed E-state index contributed by atoms with van der Waals surface area (Å²) in [5.41, 5.74) is 1.60. The Morgan fingerprint density at radius 2 is 1.76 bits per heavy atom. The monoisotopic (exact) mass is 313 g/mol. The van der Waals surface area contributed by atoms with Crippen molar-refractivity contribution in [3.63, 3.8) is 0 Å². The third-order valence-electron chi connectivity index (χ3n) is 3.27. The summed E-state index contributed by atoms with van der Waals surface area (Å²) in [6, 6.07) is 6.09. The molecule has 1 atom stereocenters. The molecule has 0 spiro atoms. The first-order chi connectivity index (χ1) is 9.93. The third kappa shape index (κ3) is 3.39. The highest BCUT2D eigenvalue weighted by molar-refractivity contribution is 6.31. The van der Waals surface area contributed by atoms with Crippen molar-refractivity contribution in [2.45, 2.75) is 19.9 Å². The molecule has 0 amide bonds. The Morgan fingerprint density at radius 3 is 2.38 bits per heavy atom. The molecule has 0 saturated carbocycles. The molecule has 0 heterocycles. The van der Waals surface area contributed by atoms with E-state index in [0.717, 1.165) is 12.1 Å². The molecule has 2 aromatic rings. The highest BCUT2D eigenvalue weighted by Gasteiger charge is 2.19. The normalized spacial score (nSPS) is 12.5. The van der Waals surface area contributed by atoms with E-state index >= 15 is 0 Å². The van der Waals surface area contributed by atoms with Gasteiger partial charge in [-0.3, -0.25) is 0 Å². The second-order valence-electron chi connectivity index (χ2n) is 4.79. The Morgan fingerprint density at radius 1 is 1.05 bits per heavy atom. The zero-order chi connectivity index (χ0) is 15.6. The first-order valence-electron chi connectivity index (χ1n) is 6.58. The Hall–Kier alpha value is -1.52. The average molecular weight is 314 g/mol. The Kier molecular flexibility index (Phi) is 4.91. The number of rotatable bonds is 4. The predicted molar refractivity (Wildman–Crippen MR) is 78.0 cm³/mol. The number of hydrogen-bond acceptors (Lipinski definition) is 1. The van der Waals surface area contributed by atoms with Crippen LogP contribution < -0.4 is 5.32 Å². The van der Waals surface area contributed by atoms with E-state index in [1.165, 1.54) is 12.1 Å². The van der Waals surface area contributed by atoms with Crippen LogP contribution in [0.2, 0.25) is 5.02 Å². The molecule has 112 valence electrons. The van der Waals surface area contributed by atoms with Gasteiger partial charge in [0.05, 0.1) is 6.04 Å². The van der Waals surface area contributed by atoms with Gasteiger partial charge >= 0.3 is 0 Å². The summed E-state index contributed by atoms with van der Waals surface area (Å²) in [6.45, 7) is 4.11. The van der Waals surface area contributed by atoms with E-state index in [1.807, 2.05) is 6.92 Å². The van der Waals surface area contributed by atoms with Crippen LogP contribution >= 0.6 is 11.6 Å². The lowest BCUT2D eigenvalue weighted by Gasteiger charge is -2.21. The number of hydrogen-bond donors (Lipinski definition) is 1. The molecule has 0 aliphatic heterocycles. The van der Waals surface area contributed by atoms with Gasteiger partial charge < -0.3 is 5.32 Å². The number of halogens is 4. The summed E-state index contributed by atoms with van der Waals surface area (Å²) in [5, 5.41) is 3.40. The van der Waals surface area contributed by atoms with Gasteiger partial charge in [0.25, 0.3) is 0 Å². The molecule has 1 unspecified atom stereocenters. The van der Waals surface area contributed by atoms with Crippen LogP contribution in [0, 0.1) is 24.4 Å². The fourth-order valence-electron chi connectivity index (χ4n) is 2.20. The fourth-order valence-corrected chi connectivity index (χ4v) is 2.46. The van der Waals surface area contributed by atoms with Gasteiger partial charge in [0.1, 0.15) is 5.82 Å². The smallest absolute Gasteiger partial charge is 0.159 e. The highest BCUT2D eigenvalue weighted by Crippen LogP contribution is 2.31. The topological polar surface area (TPSA) is 12.0 Å². The maximum Gasteiger partial charge on any atom is 0.159 e. The highest BCUT2D eigenvalue weighted by atomic mass is 35.5. The Bertz CT molecular complexity index is 658. The van der Waals surface area contributed by atoms with Crippen molar-refractivity contribution in [2.75, 3.05) is 6.54 Å². The lowest BCUT2D eigenvalue weighted by molar-refractivity contribution is 0.504. The molecule has 1 nitrogen and oxygen atoms in total. The van der Waals surface area contributed by atoms with Crippen molar-refractivity contribution in [3.05, 3.63) is 69.5 Å². The van der Waals surface area contributed by atoms with E-state index < -0.39 is 23.5 Å². The van der Waals surface area contributed by atoms with Gasteiger partial charge in [-0.25, -0.2) is 13.2 Å². The van der Waals surface area contributed by atoms with E-state index in [4.69, 9.17) is 11.6 Å². The SMILES string of the molecule is CCNC(c1ccc(F)c(F)c1)c1cc(C)c(F)cc1Cl. The minimum Gasteiger partial charge on any atom is -0.306 e. The summed E-state index contributed by atoms with van der Waals surface area (Å²) in [6.07, 6.45) is 0. The van der Waals surface area contributed by atoms with Crippen molar-refractivity contribution in [3.8, 4) is 0 Å². The van der Waals surface area contributed by atoms with Gasteiger partial charge in [0, 0.05) is 5.02 Å². The van der Waals surface area contributed by atoms with E-state index in [1.54, 1.807) is 13.0 Å². The maximum absolute atomic E-state index is 13.5. The molecular weight excluding hydrogens is 299 g/mol. The van der Waals surface area contributed by atoms with E-state index in [2.05, 4.69) is 5.32 Å². The van der Waals surface area contributed by atoms with E-state index in [0.29, 0.717) is 23.2 Å². The van der Waals surface area contributed by atoms with Crippen LogP contribution in [0.25, 0.3) is 0 Å². The van der Waals surface area contributed by atoms with Gasteiger partial charge in [0.15, 0.2) is 11.6 Å². The first-order valence-corrected chi connectivity index (χ1v) is 6.95. The van der Waals surface area contributed by atoms with Crippen molar-refractivity contribution in [2.24, 2.45) is 0 Å². The van der Waals surface area contributed by atoms with Crippen molar-refractivity contribution >= 4 is 11.6 Å². The molecule has 2 aromatic carbocycles. The molecule has 5 heteroatoms. The number of nitrogens with one attached hydrogen (secondary N) is 1. The van der Waals surface area contributed by atoms with Crippen molar-refractivity contribution < 1.29 is 13.2 Å². The molecular formula is C16H15ClF3N. The van der Waals surface area contributed by atoms with Gasteiger partial charge in [0.2, 0.25) is 0 Å². The van der Waals surface area contributed by atoms with Crippen LogP contribution in [0.4, 0.5) is 13.2 Å². The van der Waals surface area contributed by atoms with Crippen LogP contribution in [-0.4, -0.2) is 6.54 Å². The average Bonchev–Trinajstić information content (AvgIpc) is 2.44. The number of benzene rings is 2. The van der Waals surface area contributed by atoms with Gasteiger partial charge in [-0.15, -0.1) is 0 Å². The zero-order valence-corrected chi connectivity index (χ0v) is 12.4. The summed E-state index contributed by atoms with van der Waals surface area (Å²) in [5.74, 6) is -2.23. The second kappa shape index (κ2) is 6.50. The Balaban J connectivity index is 2.52. The molecule has 0 aromatic heterocycles. The molecule has 2 rings (SSSR count). The summed E-state index contributed by atoms with van der Waals surface area (Å²) < 4.78 is 40.0. The van der Waals surface area contributed by atoms with Crippen molar-refractivity contribution in [1.29, 1.82) is 0 Å². The predicted octanol–water partition coefficient (Wildman–Crippen LogP) is 4.76. The standard InChI is InChI=1S/C16H15ClF3N/c1-3-21-16(10-4-5-13(18)15(20)7-10)11-6-9(2)14(19)8-12(11)17/h4-8,16,21H,3H2,1-2H3. The molecule has 0 aliphatic carbocycles. The largest absolute Gasteiger partial charge is 0.306 e. The van der Waals surface area contributed by atoms with E-state index in [9.17, 15) is 13.2 Å². The summed E-state index contributed by atoms with van der Waals surface area (Å²) >= 11 is 6.11. The first kappa shape index (κ1) is 15.9. The third-order valence-corrected chi connectivity index (χ3v) is 3.60. The molecule has 1 N–H and O–H groups in total. The summed E-state index contributed by atoms with van der Waals surface area (Å²) in [4.78, 5) is 0. The van der Waals surface area contributed by atoms with Gasteiger partial charge in [-0.05, 0) is 54.4 Å². The molecule has 0 bridgehead atoms. The second-order valence-corrected chi connectivity index (χ2v) is 5.19. The van der Waals surface area contributed by atoms with Gasteiger partial charge in [-0.2, -0.15) is 0 Å². The lowest BCUT2D eigenvalue weighted by Crippen LogP contribution is -2.22. The molecule has 0 aliphatic rings. The minimum atomic E-state index is -0.926. The molecule has 0 radical (unpaired) electrons. The van der Waals surface area contributed by atoms with Crippen LogP contribution in [0.15, 0.2) is 30.3 Å². The lowest BCUT2D eigenvalue weighted by atomic mass is 9.96. The van der Waals surface area contributed by atoms with Crippen LogP contribution in [0.5, 0.6) is 0 Å². The maximum atomic E-state index is 13.5. The van der Waals surface area contributed by atoms with Gasteiger partial charge in [-0.1, -0.05) is 24.6 Å². The summed E-state index contributed by atoms with van der Waals surface area (Å²) in [7, 11) is 0. The molecule has 0 fully saturated rings. The molecule has 0 saturated heterocycles. The zero-order valence-electron chi connectivity index (χ0n) is 11.7. The fraction of sp³-hybridized carbons (Fsp3) is 0.250. The van der Waals surface area contributed by atoms with Crippen LogP contribution in [0.3, 0.4) is 0 Å². The molecule has 21 heavy (non-hydrogen) atoms. The van der Waals surface area contributed by atoms with Crippen LogP contribution in [-0.2, 0) is 0 Å². The quantitative estimate of drug-likeness (QED) is 0.857. The Labute approximate surface area is 126 Å². The van der Waals surface area contributed by atoms with Crippen LogP contribution in [0.1, 0.15) is 29.7 Å². The number of aryl methyl sites for hydroxylation is 1. The van der Waals surface area contributed by atoms with E-state index in [-0.39, 0.29) is 5.02 Å².